The number of rotatable bonds is 5. The van der Waals surface area contributed by atoms with Crippen LogP contribution in [0.4, 0.5) is 0 Å². The topological polar surface area (TPSA) is 34.1 Å². The summed E-state index contributed by atoms with van der Waals surface area (Å²) in [7, 11) is 0. The van der Waals surface area contributed by atoms with Crippen molar-refractivity contribution in [2.75, 3.05) is 6.61 Å². The van der Waals surface area contributed by atoms with Crippen LogP contribution in [0.15, 0.2) is 24.3 Å². The summed E-state index contributed by atoms with van der Waals surface area (Å²) >= 11 is 0. The maximum absolute atomic E-state index is 5.71. The molecular formula is C15H24N2O. The number of pyridine rings is 1. The van der Waals surface area contributed by atoms with E-state index >= 15 is 0 Å². The minimum Gasteiger partial charge on any atom is -0.488 e. The Bertz CT molecular complexity index is 405. The normalized spacial score (nSPS) is 12.1. The van der Waals surface area contributed by atoms with E-state index in [1.165, 1.54) is 0 Å². The van der Waals surface area contributed by atoms with E-state index in [4.69, 9.17) is 4.74 Å². The second kappa shape index (κ2) is 6.55. The van der Waals surface area contributed by atoms with Gasteiger partial charge in [0, 0.05) is 17.8 Å². The van der Waals surface area contributed by atoms with Gasteiger partial charge >= 0.3 is 0 Å². The average Bonchev–Trinajstić information content (AvgIpc) is 2.28. The summed E-state index contributed by atoms with van der Waals surface area (Å²) in [5.41, 5.74) is 2.06. The fourth-order valence-corrected chi connectivity index (χ4v) is 1.44. The summed E-state index contributed by atoms with van der Waals surface area (Å²) in [6.45, 7) is 11.7. The number of hydrogen-bond donors (Lipinski definition) is 1. The number of aromatic nitrogens is 1. The zero-order chi connectivity index (χ0) is 13.6. The molecule has 0 unspecified atom stereocenters. The van der Waals surface area contributed by atoms with E-state index in [-0.39, 0.29) is 5.54 Å². The van der Waals surface area contributed by atoms with Gasteiger partial charge in [0.2, 0.25) is 0 Å². The van der Waals surface area contributed by atoms with E-state index in [1.807, 2.05) is 38.1 Å². The Morgan fingerprint density at radius 3 is 2.67 bits per heavy atom. The minimum absolute atomic E-state index is 0.0754. The van der Waals surface area contributed by atoms with E-state index in [9.17, 15) is 0 Å². The number of hydrogen-bond acceptors (Lipinski definition) is 3. The first-order valence-corrected chi connectivity index (χ1v) is 6.38. The molecule has 0 spiro atoms. The van der Waals surface area contributed by atoms with E-state index in [0.29, 0.717) is 6.61 Å². The molecule has 100 valence electrons. The molecule has 0 aliphatic carbocycles. The van der Waals surface area contributed by atoms with Crippen molar-refractivity contribution in [3.8, 4) is 5.75 Å². The summed E-state index contributed by atoms with van der Waals surface area (Å²) in [5, 5.41) is 3.44. The van der Waals surface area contributed by atoms with Crippen LogP contribution in [-0.2, 0) is 6.54 Å². The largest absolute Gasteiger partial charge is 0.488 e. The van der Waals surface area contributed by atoms with E-state index in [1.54, 1.807) is 0 Å². The molecule has 0 radical (unpaired) electrons. The molecule has 0 aromatic carbocycles. The van der Waals surface area contributed by atoms with E-state index < -0.39 is 0 Å². The maximum Gasteiger partial charge on any atom is 0.142 e. The van der Waals surface area contributed by atoms with Gasteiger partial charge in [-0.3, -0.25) is 4.98 Å². The monoisotopic (exact) mass is 248 g/mol. The number of aryl methyl sites for hydroxylation is 1. The van der Waals surface area contributed by atoms with Crippen LogP contribution in [-0.4, -0.2) is 17.1 Å². The van der Waals surface area contributed by atoms with Crippen molar-refractivity contribution >= 4 is 0 Å². The van der Waals surface area contributed by atoms with Gasteiger partial charge in [0.1, 0.15) is 12.4 Å². The molecule has 0 saturated heterocycles. The molecular weight excluding hydrogens is 224 g/mol. The van der Waals surface area contributed by atoms with Crippen LogP contribution in [0.2, 0.25) is 0 Å². The lowest BCUT2D eigenvalue weighted by atomic mass is 10.1. The molecule has 0 fully saturated rings. The third-order valence-electron chi connectivity index (χ3n) is 2.43. The van der Waals surface area contributed by atoms with Gasteiger partial charge < -0.3 is 10.1 Å². The standard InChI is InChI=1S/C15H24N2O/c1-6-7-10-18-14-9-8-12(2)17-13(14)11-16-15(3,4)5/h6-9,16H,10-11H2,1-5H3. The van der Waals surface area contributed by atoms with Crippen LogP contribution in [0.1, 0.15) is 39.1 Å². The molecule has 1 rings (SSSR count). The van der Waals surface area contributed by atoms with Gasteiger partial charge in [-0.2, -0.15) is 0 Å². The Balaban J connectivity index is 2.76. The Labute approximate surface area is 110 Å². The van der Waals surface area contributed by atoms with Crippen molar-refractivity contribution < 1.29 is 4.74 Å². The molecule has 3 heteroatoms. The molecule has 1 aromatic heterocycles. The third kappa shape index (κ3) is 5.32. The van der Waals surface area contributed by atoms with Crippen LogP contribution < -0.4 is 10.1 Å². The Morgan fingerprint density at radius 1 is 1.33 bits per heavy atom. The zero-order valence-corrected chi connectivity index (χ0v) is 12.1. The highest BCUT2D eigenvalue weighted by Crippen LogP contribution is 2.17. The molecule has 0 saturated carbocycles. The second-order valence-corrected chi connectivity index (χ2v) is 5.38. The molecule has 3 nitrogen and oxygen atoms in total. The van der Waals surface area contributed by atoms with Crippen LogP contribution >= 0.6 is 0 Å². The van der Waals surface area contributed by atoms with Crippen LogP contribution in [0.5, 0.6) is 5.75 Å². The number of nitrogens with zero attached hydrogens (tertiary/aromatic N) is 1. The second-order valence-electron chi connectivity index (χ2n) is 5.38. The summed E-state index contributed by atoms with van der Waals surface area (Å²) in [6.07, 6.45) is 3.97. The molecule has 0 amide bonds. The molecule has 0 aliphatic heterocycles. The first-order chi connectivity index (χ1) is 8.42. The fourth-order valence-electron chi connectivity index (χ4n) is 1.44. The average molecular weight is 248 g/mol. The SMILES string of the molecule is CC=CCOc1ccc(C)nc1CNC(C)(C)C. The van der Waals surface area contributed by atoms with Gasteiger partial charge in [-0.15, -0.1) is 0 Å². The van der Waals surface area contributed by atoms with Gasteiger partial charge in [-0.05, 0) is 46.8 Å². The fraction of sp³-hybridized carbons (Fsp3) is 0.533. The lowest BCUT2D eigenvalue weighted by molar-refractivity contribution is 0.348. The Hall–Kier alpha value is -1.35. The smallest absolute Gasteiger partial charge is 0.142 e. The van der Waals surface area contributed by atoms with Crippen LogP contribution in [0, 0.1) is 6.92 Å². The van der Waals surface area contributed by atoms with Crippen molar-refractivity contribution in [1.82, 2.24) is 10.3 Å². The first-order valence-electron chi connectivity index (χ1n) is 6.38. The van der Waals surface area contributed by atoms with Crippen LogP contribution in [0.3, 0.4) is 0 Å². The Morgan fingerprint density at radius 2 is 2.06 bits per heavy atom. The third-order valence-corrected chi connectivity index (χ3v) is 2.43. The van der Waals surface area contributed by atoms with Crippen molar-refractivity contribution in [1.29, 1.82) is 0 Å². The molecule has 0 aliphatic rings. The molecule has 1 N–H and O–H groups in total. The van der Waals surface area contributed by atoms with Gasteiger partial charge in [0.05, 0.1) is 5.69 Å². The van der Waals surface area contributed by atoms with Crippen molar-refractivity contribution in [3.63, 3.8) is 0 Å². The van der Waals surface area contributed by atoms with Gasteiger partial charge in [0.15, 0.2) is 0 Å². The highest BCUT2D eigenvalue weighted by atomic mass is 16.5. The zero-order valence-electron chi connectivity index (χ0n) is 12.1. The quantitative estimate of drug-likeness (QED) is 0.812. The highest BCUT2D eigenvalue weighted by Gasteiger charge is 2.12. The lowest BCUT2D eigenvalue weighted by Gasteiger charge is -2.21. The number of allylic oxidation sites excluding steroid dienone is 1. The molecule has 1 heterocycles. The number of nitrogens with one attached hydrogen (secondary N) is 1. The molecule has 0 atom stereocenters. The first kappa shape index (κ1) is 14.7. The molecule has 0 bridgehead atoms. The van der Waals surface area contributed by atoms with Gasteiger partial charge in [-0.25, -0.2) is 0 Å². The predicted octanol–water partition coefficient (Wildman–Crippen LogP) is 3.23. The van der Waals surface area contributed by atoms with Gasteiger partial charge in [0.25, 0.3) is 0 Å². The van der Waals surface area contributed by atoms with Crippen molar-refractivity contribution in [2.24, 2.45) is 0 Å². The van der Waals surface area contributed by atoms with Crippen molar-refractivity contribution in [3.05, 3.63) is 35.7 Å². The summed E-state index contributed by atoms with van der Waals surface area (Å²) < 4.78 is 5.71. The minimum atomic E-state index is 0.0754. The highest BCUT2D eigenvalue weighted by molar-refractivity contribution is 5.29. The van der Waals surface area contributed by atoms with Crippen LogP contribution in [0.25, 0.3) is 0 Å². The summed E-state index contributed by atoms with van der Waals surface area (Å²) in [5.74, 6) is 0.857. The van der Waals surface area contributed by atoms with Gasteiger partial charge in [-0.1, -0.05) is 12.2 Å². The van der Waals surface area contributed by atoms with Crippen molar-refractivity contribution in [2.45, 2.75) is 46.7 Å². The number of ether oxygens (including phenoxy) is 1. The van der Waals surface area contributed by atoms with E-state index in [2.05, 4.69) is 31.1 Å². The molecule has 1 aromatic rings. The Kier molecular flexibility index (Phi) is 5.35. The predicted molar refractivity (Wildman–Crippen MR) is 75.9 cm³/mol. The van der Waals surface area contributed by atoms with E-state index in [0.717, 1.165) is 23.7 Å². The maximum atomic E-state index is 5.71. The molecule has 18 heavy (non-hydrogen) atoms. The lowest BCUT2D eigenvalue weighted by Crippen LogP contribution is -2.35. The summed E-state index contributed by atoms with van der Waals surface area (Å²) in [4.78, 5) is 4.54. The summed E-state index contributed by atoms with van der Waals surface area (Å²) in [6, 6.07) is 3.97.